The van der Waals surface area contributed by atoms with Gasteiger partial charge in [-0.15, -0.1) is 0 Å². The number of methoxy groups -OCH3 is 1. The molecule has 0 spiro atoms. The third kappa shape index (κ3) is 6.71. The summed E-state index contributed by atoms with van der Waals surface area (Å²) < 4.78 is 7.41. The Kier molecular flexibility index (Phi) is 9.34. The monoisotopic (exact) mass is 571 g/mol. The lowest BCUT2D eigenvalue weighted by Gasteiger charge is -2.36. The number of aromatic nitrogens is 2. The van der Waals surface area contributed by atoms with Crippen LogP contribution < -0.4 is 9.64 Å². The molecule has 0 unspecified atom stereocenters. The van der Waals surface area contributed by atoms with Crippen LogP contribution in [0.2, 0.25) is 0 Å². The summed E-state index contributed by atoms with van der Waals surface area (Å²) in [6.07, 6.45) is 10.7. The summed E-state index contributed by atoms with van der Waals surface area (Å²) in [6.45, 7) is 7.01. The summed E-state index contributed by atoms with van der Waals surface area (Å²) in [4.78, 5) is 27.7. The van der Waals surface area contributed by atoms with Crippen molar-refractivity contribution in [3.05, 3.63) is 66.0 Å². The van der Waals surface area contributed by atoms with E-state index in [9.17, 15) is 14.7 Å². The highest BCUT2D eigenvalue weighted by Gasteiger charge is 2.34. The molecule has 7 nitrogen and oxygen atoms in total. The first-order valence-electron chi connectivity index (χ1n) is 15.6. The Morgan fingerprint density at radius 1 is 0.976 bits per heavy atom. The van der Waals surface area contributed by atoms with Crippen molar-refractivity contribution in [1.82, 2.24) is 9.78 Å². The van der Waals surface area contributed by atoms with E-state index in [1.807, 2.05) is 27.9 Å². The fraction of sp³-hybridized carbons (Fsp3) is 0.514. The summed E-state index contributed by atoms with van der Waals surface area (Å²) in [7, 11) is 1.71. The fourth-order valence-corrected chi connectivity index (χ4v) is 6.85. The van der Waals surface area contributed by atoms with E-state index < -0.39 is 5.97 Å². The average molecular weight is 572 g/mol. The number of hydrogen-bond acceptors (Lipinski definition) is 4. The maximum absolute atomic E-state index is 14.1. The number of ether oxygens (including phenoxy) is 1. The van der Waals surface area contributed by atoms with Crippen molar-refractivity contribution in [3.63, 3.8) is 0 Å². The lowest BCUT2D eigenvalue weighted by atomic mass is 9.77. The second-order valence-electron chi connectivity index (χ2n) is 12.6. The highest BCUT2D eigenvalue weighted by molar-refractivity contribution is 5.96. The van der Waals surface area contributed by atoms with Gasteiger partial charge in [-0.3, -0.25) is 14.3 Å². The quantitative estimate of drug-likeness (QED) is 0.285. The van der Waals surface area contributed by atoms with Crippen molar-refractivity contribution in [3.8, 4) is 16.9 Å². The van der Waals surface area contributed by atoms with Gasteiger partial charge in [-0.25, -0.2) is 0 Å². The van der Waals surface area contributed by atoms with Gasteiger partial charge in [0.2, 0.25) is 5.91 Å². The second-order valence-corrected chi connectivity index (χ2v) is 12.6. The highest BCUT2D eigenvalue weighted by Crippen LogP contribution is 2.39. The standard InChI is InChI=1S/C35H45N3O4/c1-23(2)38-22-31(20-36-38)29-6-5-7-32(19-29)37(34(39)27-12-14-28(15-13-27)35(40)41)21-25-8-10-26(11-9-25)30-16-17-33(42-4)24(3)18-30/h5-7,16-20,22-23,25-28H,8-15,21H2,1-4H3,(H,40,41)/t25-,26-,27-,28-. The predicted molar refractivity (Wildman–Crippen MR) is 166 cm³/mol. The van der Waals surface area contributed by atoms with Crippen molar-refractivity contribution in [1.29, 1.82) is 0 Å². The van der Waals surface area contributed by atoms with E-state index in [-0.39, 0.29) is 23.8 Å². The largest absolute Gasteiger partial charge is 0.496 e. The van der Waals surface area contributed by atoms with Crippen LogP contribution in [0.3, 0.4) is 0 Å². The molecule has 0 aliphatic heterocycles. The maximum Gasteiger partial charge on any atom is 0.306 e. The lowest BCUT2D eigenvalue weighted by Crippen LogP contribution is -2.41. The van der Waals surface area contributed by atoms with Crippen LogP contribution in [-0.4, -0.2) is 40.4 Å². The van der Waals surface area contributed by atoms with Gasteiger partial charge in [0, 0.05) is 36.0 Å². The number of hydrogen-bond donors (Lipinski definition) is 1. The number of aryl methyl sites for hydroxylation is 1. The Hall–Kier alpha value is -3.61. The van der Waals surface area contributed by atoms with Gasteiger partial charge in [-0.1, -0.05) is 24.3 Å². The predicted octanol–water partition coefficient (Wildman–Crippen LogP) is 7.65. The Bertz CT molecular complexity index is 1380. The number of carboxylic acids is 1. The van der Waals surface area contributed by atoms with Crippen molar-refractivity contribution >= 4 is 17.6 Å². The zero-order valence-electron chi connectivity index (χ0n) is 25.5. The third-order valence-electron chi connectivity index (χ3n) is 9.49. The maximum atomic E-state index is 14.1. The minimum absolute atomic E-state index is 0.133. The molecular weight excluding hydrogens is 526 g/mol. The van der Waals surface area contributed by atoms with Crippen LogP contribution in [0, 0.1) is 24.7 Å². The molecule has 2 saturated carbocycles. The first kappa shape index (κ1) is 29.9. The smallest absolute Gasteiger partial charge is 0.306 e. The molecule has 0 radical (unpaired) electrons. The van der Waals surface area contributed by atoms with Gasteiger partial charge in [0.05, 0.1) is 19.2 Å². The van der Waals surface area contributed by atoms with Crippen molar-refractivity contribution in [2.24, 2.45) is 17.8 Å². The van der Waals surface area contributed by atoms with Crippen molar-refractivity contribution in [2.45, 2.75) is 84.1 Å². The summed E-state index contributed by atoms with van der Waals surface area (Å²) in [6, 6.07) is 15.1. The van der Waals surface area contributed by atoms with Gasteiger partial charge >= 0.3 is 5.97 Å². The van der Waals surface area contributed by atoms with Gasteiger partial charge in [0.15, 0.2) is 0 Å². The van der Waals surface area contributed by atoms with Crippen LogP contribution in [-0.2, 0) is 9.59 Å². The molecule has 1 heterocycles. The molecule has 1 N–H and O–H groups in total. The first-order chi connectivity index (χ1) is 20.2. The van der Waals surface area contributed by atoms with E-state index in [0.717, 1.165) is 48.2 Å². The van der Waals surface area contributed by atoms with Gasteiger partial charge in [0.25, 0.3) is 0 Å². The molecule has 1 aromatic heterocycles. The number of carbonyl (C=O) groups is 2. The number of aliphatic carboxylic acids is 1. The molecular formula is C35H45N3O4. The Morgan fingerprint density at radius 2 is 1.69 bits per heavy atom. The number of benzene rings is 2. The van der Waals surface area contributed by atoms with Gasteiger partial charge < -0.3 is 14.7 Å². The molecule has 1 amide bonds. The second kappa shape index (κ2) is 13.1. The van der Waals surface area contributed by atoms with Gasteiger partial charge in [-0.05, 0) is 119 Å². The third-order valence-corrected chi connectivity index (χ3v) is 9.49. The molecule has 5 rings (SSSR count). The minimum atomic E-state index is -0.740. The molecule has 0 bridgehead atoms. The van der Waals surface area contributed by atoms with Crippen molar-refractivity contribution in [2.75, 3.05) is 18.6 Å². The molecule has 0 atom stereocenters. The summed E-state index contributed by atoms with van der Waals surface area (Å²) in [5, 5.41) is 14.0. The molecule has 2 fully saturated rings. The molecule has 0 saturated heterocycles. The molecule has 2 aliphatic rings. The molecule has 224 valence electrons. The highest BCUT2D eigenvalue weighted by atomic mass is 16.5. The normalized spacial score (nSPS) is 22.6. The summed E-state index contributed by atoms with van der Waals surface area (Å²) in [5.41, 5.74) is 5.55. The van der Waals surface area contributed by atoms with E-state index in [1.54, 1.807) is 7.11 Å². The van der Waals surface area contributed by atoms with Crippen LogP contribution in [0.25, 0.3) is 11.1 Å². The Morgan fingerprint density at radius 3 is 2.31 bits per heavy atom. The number of carbonyl (C=O) groups excluding carboxylic acids is 1. The first-order valence-corrected chi connectivity index (χ1v) is 15.6. The molecule has 42 heavy (non-hydrogen) atoms. The number of anilines is 1. The Labute approximate surface area is 249 Å². The molecule has 2 aliphatic carbocycles. The topological polar surface area (TPSA) is 84.7 Å². The SMILES string of the molecule is COc1ccc([C@H]2CC[C@H](CN(c3cccc(-c4cnn(C(C)C)c4)c3)C(=O)[C@H]3CC[C@H](C(=O)O)CC3)CC2)cc1C. The number of amides is 1. The Balaban J connectivity index is 1.34. The summed E-state index contributed by atoms with van der Waals surface area (Å²) in [5.74, 6) is 0.817. The van der Waals surface area contributed by atoms with Crippen LogP contribution in [0.4, 0.5) is 5.69 Å². The van der Waals surface area contributed by atoms with Crippen LogP contribution in [0.15, 0.2) is 54.9 Å². The zero-order valence-corrected chi connectivity index (χ0v) is 25.5. The number of carboxylic acid groups (broad SMARTS) is 1. The lowest BCUT2D eigenvalue weighted by molar-refractivity contribution is -0.144. The molecule has 3 aromatic rings. The number of nitrogens with zero attached hydrogens (tertiary/aromatic N) is 3. The van der Waals surface area contributed by atoms with E-state index >= 15 is 0 Å². The number of rotatable bonds is 9. The molecule has 7 heteroatoms. The van der Waals surface area contributed by atoms with E-state index in [2.05, 4.69) is 62.4 Å². The van der Waals surface area contributed by atoms with Crippen molar-refractivity contribution < 1.29 is 19.4 Å². The fourth-order valence-electron chi connectivity index (χ4n) is 6.85. The summed E-state index contributed by atoms with van der Waals surface area (Å²) >= 11 is 0. The van der Waals surface area contributed by atoms with Crippen LogP contribution in [0.5, 0.6) is 5.75 Å². The van der Waals surface area contributed by atoms with E-state index in [0.29, 0.717) is 44.1 Å². The van der Waals surface area contributed by atoms with E-state index in [1.165, 1.54) is 11.1 Å². The van der Waals surface area contributed by atoms with Crippen LogP contribution >= 0.6 is 0 Å². The molecule has 2 aromatic carbocycles. The average Bonchev–Trinajstić information content (AvgIpc) is 3.51. The van der Waals surface area contributed by atoms with Crippen LogP contribution in [0.1, 0.15) is 88.3 Å². The zero-order chi connectivity index (χ0) is 29.8. The van der Waals surface area contributed by atoms with E-state index in [4.69, 9.17) is 4.74 Å². The minimum Gasteiger partial charge on any atom is -0.496 e. The van der Waals surface area contributed by atoms with Gasteiger partial charge in [0.1, 0.15) is 5.75 Å². The van der Waals surface area contributed by atoms with Gasteiger partial charge in [-0.2, -0.15) is 5.10 Å².